The molecule has 0 saturated carbocycles. The summed E-state index contributed by atoms with van der Waals surface area (Å²) in [5, 5.41) is 11.0. The maximum atomic E-state index is 10.0. The molecule has 0 unspecified atom stereocenters. The summed E-state index contributed by atoms with van der Waals surface area (Å²) in [5.41, 5.74) is 0.130. The largest absolute Gasteiger partial charge is 0.385 e. The number of rotatable bonds is 2. The molecule has 90 valence electrons. The first kappa shape index (κ1) is 11.8. The SMILES string of the molecule is Cc1nc(N2CCOCC2)sc1C(C)(C)O. The first-order valence-electron chi connectivity index (χ1n) is 5.51. The summed E-state index contributed by atoms with van der Waals surface area (Å²) >= 11 is 1.58. The van der Waals surface area contributed by atoms with Crippen LogP contribution in [0.3, 0.4) is 0 Å². The van der Waals surface area contributed by atoms with Gasteiger partial charge < -0.3 is 14.7 Å². The van der Waals surface area contributed by atoms with Crippen molar-refractivity contribution in [2.45, 2.75) is 26.4 Å². The first-order chi connectivity index (χ1) is 7.48. The number of hydrogen-bond donors (Lipinski definition) is 1. The average molecular weight is 242 g/mol. The standard InChI is InChI=1S/C11H18N2O2S/c1-8-9(11(2,3)14)16-10(12-8)13-4-6-15-7-5-13/h14H,4-7H2,1-3H3. The zero-order valence-electron chi connectivity index (χ0n) is 9.99. The molecule has 5 heteroatoms. The second-order valence-corrected chi connectivity index (χ2v) is 5.55. The summed E-state index contributed by atoms with van der Waals surface area (Å²) in [6.07, 6.45) is 0. The molecule has 0 atom stereocenters. The van der Waals surface area contributed by atoms with E-state index in [4.69, 9.17) is 4.74 Å². The van der Waals surface area contributed by atoms with E-state index < -0.39 is 5.60 Å². The van der Waals surface area contributed by atoms with Crippen LogP contribution in [0.5, 0.6) is 0 Å². The molecule has 0 amide bonds. The van der Waals surface area contributed by atoms with Gasteiger partial charge in [-0.05, 0) is 20.8 Å². The lowest BCUT2D eigenvalue weighted by atomic mass is 10.1. The fraction of sp³-hybridized carbons (Fsp3) is 0.727. The Morgan fingerprint density at radius 3 is 2.50 bits per heavy atom. The minimum absolute atomic E-state index is 0.760. The summed E-state index contributed by atoms with van der Waals surface area (Å²) in [5.74, 6) is 0. The zero-order chi connectivity index (χ0) is 11.8. The maximum Gasteiger partial charge on any atom is 0.186 e. The van der Waals surface area contributed by atoms with E-state index in [1.807, 2.05) is 6.92 Å². The molecule has 1 saturated heterocycles. The number of thiazole rings is 1. The predicted molar refractivity (Wildman–Crippen MR) is 65.1 cm³/mol. The third-order valence-corrected chi connectivity index (χ3v) is 4.15. The van der Waals surface area contributed by atoms with Crippen molar-refractivity contribution in [3.05, 3.63) is 10.6 Å². The molecule has 0 radical (unpaired) electrons. The quantitative estimate of drug-likeness (QED) is 0.854. The summed E-state index contributed by atoms with van der Waals surface area (Å²) in [4.78, 5) is 7.70. The van der Waals surface area contributed by atoms with Crippen molar-refractivity contribution in [3.8, 4) is 0 Å². The fourth-order valence-electron chi connectivity index (χ4n) is 1.84. The molecule has 0 spiro atoms. The Bertz CT molecular complexity index is 365. The Morgan fingerprint density at radius 1 is 1.38 bits per heavy atom. The lowest BCUT2D eigenvalue weighted by molar-refractivity contribution is 0.0817. The molecule has 4 nitrogen and oxygen atoms in total. The Balaban J connectivity index is 2.23. The van der Waals surface area contributed by atoms with Gasteiger partial charge in [-0.2, -0.15) is 0 Å². The van der Waals surface area contributed by atoms with E-state index in [-0.39, 0.29) is 0 Å². The lowest BCUT2D eigenvalue weighted by Crippen LogP contribution is -2.36. The van der Waals surface area contributed by atoms with Gasteiger partial charge in [0.15, 0.2) is 5.13 Å². The van der Waals surface area contributed by atoms with Crippen molar-refractivity contribution in [1.82, 2.24) is 4.98 Å². The first-order valence-corrected chi connectivity index (χ1v) is 6.33. The van der Waals surface area contributed by atoms with Gasteiger partial charge in [0.1, 0.15) is 0 Å². The van der Waals surface area contributed by atoms with Crippen LogP contribution in [0.4, 0.5) is 5.13 Å². The van der Waals surface area contributed by atoms with Gasteiger partial charge in [-0.3, -0.25) is 0 Å². The Kier molecular flexibility index (Phi) is 3.19. The molecule has 0 bridgehead atoms. The van der Waals surface area contributed by atoms with Gasteiger partial charge in [0.25, 0.3) is 0 Å². The highest BCUT2D eigenvalue weighted by atomic mass is 32.1. The molecule has 1 aliphatic heterocycles. The molecule has 16 heavy (non-hydrogen) atoms. The highest BCUT2D eigenvalue weighted by Crippen LogP contribution is 2.33. The monoisotopic (exact) mass is 242 g/mol. The van der Waals surface area contributed by atoms with Gasteiger partial charge in [-0.15, -0.1) is 0 Å². The molecule has 1 aromatic rings. The summed E-state index contributed by atoms with van der Waals surface area (Å²) in [7, 11) is 0. The van der Waals surface area contributed by atoms with Gasteiger partial charge >= 0.3 is 0 Å². The van der Waals surface area contributed by atoms with E-state index in [0.717, 1.165) is 42.0 Å². The van der Waals surface area contributed by atoms with E-state index in [0.29, 0.717) is 0 Å². The second kappa shape index (κ2) is 4.31. The van der Waals surface area contributed by atoms with E-state index in [9.17, 15) is 5.11 Å². The maximum absolute atomic E-state index is 10.0. The van der Waals surface area contributed by atoms with E-state index >= 15 is 0 Å². The van der Waals surface area contributed by atoms with Crippen LogP contribution >= 0.6 is 11.3 Å². The fourth-order valence-corrected chi connectivity index (χ4v) is 2.96. The van der Waals surface area contributed by atoms with Crippen LogP contribution in [-0.4, -0.2) is 36.4 Å². The Hall–Kier alpha value is -0.650. The molecular formula is C11H18N2O2S. The average Bonchev–Trinajstić information content (AvgIpc) is 2.61. The van der Waals surface area contributed by atoms with E-state index in [2.05, 4.69) is 9.88 Å². The van der Waals surface area contributed by atoms with Gasteiger partial charge in [-0.25, -0.2) is 4.98 Å². The topological polar surface area (TPSA) is 45.6 Å². The smallest absolute Gasteiger partial charge is 0.186 e. The van der Waals surface area contributed by atoms with Crippen molar-refractivity contribution >= 4 is 16.5 Å². The van der Waals surface area contributed by atoms with Crippen LogP contribution in [0.25, 0.3) is 0 Å². The summed E-state index contributed by atoms with van der Waals surface area (Å²) in [6, 6.07) is 0. The molecule has 0 aliphatic carbocycles. The molecule has 0 aromatic carbocycles. The number of morpholine rings is 1. The minimum atomic E-state index is -0.799. The molecule has 1 fully saturated rings. The number of aliphatic hydroxyl groups is 1. The van der Waals surface area contributed by atoms with Crippen LogP contribution in [0, 0.1) is 6.92 Å². The predicted octanol–water partition coefficient (Wildman–Crippen LogP) is 1.52. The lowest BCUT2D eigenvalue weighted by Gasteiger charge is -2.26. The minimum Gasteiger partial charge on any atom is -0.385 e. The number of aryl methyl sites for hydroxylation is 1. The van der Waals surface area contributed by atoms with Crippen molar-refractivity contribution < 1.29 is 9.84 Å². The Morgan fingerprint density at radius 2 is 2.00 bits per heavy atom. The highest BCUT2D eigenvalue weighted by molar-refractivity contribution is 7.15. The third-order valence-electron chi connectivity index (χ3n) is 2.62. The summed E-state index contributed by atoms with van der Waals surface area (Å²) < 4.78 is 5.31. The van der Waals surface area contributed by atoms with Gasteiger partial charge in [-0.1, -0.05) is 11.3 Å². The molecule has 1 aliphatic rings. The van der Waals surface area contributed by atoms with Crippen LogP contribution in [-0.2, 0) is 10.3 Å². The Labute approximate surface area is 99.9 Å². The number of ether oxygens (including phenoxy) is 1. The van der Waals surface area contributed by atoms with Gasteiger partial charge in [0.2, 0.25) is 0 Å². The molecule has 2 rings (SSSR count). The highest BCUT2D eigenvalue weighted by Gasteiger charge is 2.25. The van der Waals surface area contributed by atoms with Gasteiger partial charge in [0, 0.05) is 13.1 Å². The van der Waals surface area contributed by atoms with E-state index in [1.54, 1.807) is 25.2 Å². The second-order valence-electron chi connectivity index (χ2n) is 4.57. The summed E-state index contributed by atoms with van der Waals surface area (Å²) in [6.45, 7) is 8.85. The van der Waals surface area contributed by atoms with E-state index in [1.165, 1.54) is 0 Å². The van der Waals surface area contributed by atoms with Crippen LogP contribution < -0.4 is 4.90 Å². The van der Waals surface area contributed by atoms with Crippen molar-refractivity contribution in [2.24, 2.45) is 0 Å². The van der Waals surface area contributed by atoms with Crippen LogP contribution in [0.15, 0.2) is 0 Å². The number of nitrogens with zero attached hydrogens (tertiary/aromatic N) is 2. The van der Waals surface area contributed by atoms with Crippen LogP contribution in [0.2, 0.25) is 0 Å². The number of hydrogen-bond acceptors (Lipinski definition) is 5. The molecule has 1 N–H and O–H groups in total. The molecule has 1 aromatic heterocycles. The zero-order valence-corrected chi connectivity index (χ0v) is 10.8. The normalized spacial score (nSPS) is 17.9. The van der Waals surface area contributed by atoms with Crippen molar-refractivity contribution in [2.75, 3.05) is 31.2 Å². The van der Waals surface area contributed by atoms with Gasteiger partial charge in [0.05, 0.1) is 29.4 Å². The van der Waals surface area contributed by atoms with Crippen molar-refractivity contribution in [3.63, 3.8) is 0 Å². The number of aromatic nitrogens is 1. The van der Waals surface area contributed by atoms with Crippen molar-refractivity contribution in [1.29, 1.82) is 0 Å². The molecule has 2 heterocycles. The van der Waals surface area contributed by atoms with Crippen LogP contribution in [0.1, 0.15) is 24.4 Å². The number of anilines is 1. The third kappa shape index (κ3) is 2.36. The molecular weight excluding hydrogens is 224 g/mol.